The van der Waals surface area contributed by atoms with Crippen LogP contribution in [0.2, 0.25) is 0 Å². The minimum absolute atomic E-state index is 0.0692. The smallest absolute Gasteiger partial charge is 0.462 e. The third-order valence-electron chi connectivity index (χ3n) is 10.6. The van der Waals surface area contributed by atoms with Crippen molar-refractivity contribution in [2.45, 2.75) is 224 Å². The van der Waals surface area contributed by atoms with Crippen LogP contribution in [-0.4, -0.2) is 98.3 Å². The highest BCUT2D eigenvalue weighted by Gasteiger charge is 2.51. The number of aliphatic hydroxyl groups excluding tert-OH is 5. The normalized spacial score (nSPS) is 22.4. The van der Waals surface area contributed by atoms with Crippen LogP contribution in [-0.2, 0) is 32.7 Å². The van der Waals surface area contributed by atoms with E-state index in [-0.39, 0.29) is 12.8 Å². The molecule has 354 valence electrons. The summed E-state index contributed by atoms with van der Waals surface area (Å²) in [6.45, 7) is 3.23. The van der Waals surface area contributed by atoms with Gasteiger partial charge in [-0.1, -0.05) is 140 Å². The average molecular weight is 887 g/mol. The first-order valence-electron chi connectivity index (χ1n) is 23.4. The fraction of sp³-hybridized carbons (Fsp3) is 0.787. The second-order valence-electron chi connectivity index (χ2n) is 16.3. The van der Waals surface area contributed by atoms with Crippen LogP contribution < -0.4 is 0 Å². The first-order valence-corrected chi connectivity index (χ1v) is 24.9. The van der Waals surface area contributed by atoms with E-state index in [2.05, 4.69) is 62.5 Å². The Morgan fingerprint density at radius 2 is 0.885 bits per heavy atom. The second-order valence-corrected chi connectivity index (χ2v) is 17.7. The molecule has 1 rings (SSSR count). The lowest BCUT2D eigenvalue weighted by atomic mass is 9.85. The largest absolute Gasteiger partial charge is 0.472 e. The lowest BCUT2D eigenvalue weighted by Gasteiger charge is -2.41. The van der Waals surface area contributed by atoms with Gasteiger partial charge in [0, 0.05) is 12.8 Å². The summed E-state index contributed by atoms with van der Waals surface area (Å²) < 4.78 is 33.5. The van der Waals surface area contributed by atoms with Crippen LogP contribution >= 0.6 is 7.82 Å². The van der Waals surface area contributed by atoms with Gasteiger partial charge >= 0.3 is 19.8 Å². The lowest BCUT2D eigenvalue weighted by Crippen LogP contribution is -2.64. The van der Waals surface area contributed by atoms with Crippen molar-refractivity contribution in [2.75, 3.05) is 13.2 Å². The SMILES string of the molecule is CCCCC/C=C/C/C=C/C/C=C/CCCCCCC(=O)O[C@H](COC(=O)CCCCCCCCC/C=C/CCCCCC)COP(=O)(O)OC1C(O)C(O)C(O)[C@H](O)C1O. The Balaban J connectivity index is 2.48. The number of allylic oxidation sites excluding steroid dienone is 8. The van der Waals surface area contributed by atoms with Gasteiger partial charge in [-0.3, -0.25) is 18.6 Å². The molecular weight excluding hydrogens is 803 g/mol. The van der Waals surface area contributed by atoms with E-state index in [1.165, 1.54) is 64.2 Å². The number of carbonyl (C=O) groups is 2. The van der Waals surface area contributed by atoms with E-state index in [0.29, 0.717) is 12.8 Å². The molecule has 0 bridgehead atoms. The molecule has 13 nitrogen and oxygen atoms in total. The van der Waals surface area contributed by atoms with Gasteiger partial charge < -0.3 is 39.9 Å². The summed E-state index contributed by atoms with van der Waals surface area (Å²) in [5.74, 6) is -1.13. The molecule has 0 heterocycles. The summed E-state index contributed by atoms with van der Waals surface area (Å²) in [7, 11) is -5.13. The molecule has 8 atom stereocenters. The maximum atomic E-state index is 12.8. The Morgan fingerprint density at radius 3 is 1.39 bits per heavy atom. The fourth-order valence-electron chi connectivity index (χ4n) is 6.82. The van der Waals surface area contributed by atoms with Crippen molar-refractivity contribution >= 4 is 19.8 Å². The Morgan fingerprint density at radius 1 is 0.508 bits per heavy atom. The lowest BCUT2D eigenvalue weighted by molar-refractivity contribution is -0.220. The van der Waals surface area contributed by atoms with E-state index in [9.17, 15) is 44.6 Å². The monoisotopic (exact) mass is 887 g/mol. The molecule has 0 spiro atoms. The molecule has 0 aromatic heterocycles. The van der Waals surface area contributed by atoms with Gasteiger partial charge in [0.05, 0.1) is 6.61 Å². The Bertz CT molecular complexity index is 1250. The van der Waals surface area contributed by atoms with Gasteiger partial charge in [0.2, 0.25) is 0 Å². The van der Waals surface area contributed by atoms with Crippen molar-refractivity contribution in [1.29, 1.82) is 0 Å². The molecule has 6 N–H and O–H groups in total. The molecule has 0 saturated heterocycles. The molecule has 14 heteroatoms. The van der Waals surface area contributed by atoms with Crippen LogP contribution in [0, 0.1) is 0 Å². The number of rotatable bonds is 38. The van der Waals surface area contributed by atoms with Crippen LogP contribution in [0.15, 0.2) is 48.6 Å². The zero-order valence-electron chi connectivity index (χ0n) is 37.4. The van der Waals surface area contributed by atoms with Gasteiger partial charge in [0.25, 0.3) is 0 Å². The Labute approximate surface area is 367 Å². The number of unbranched alkanes of at least 4 members (excludes halogenated alkanes) is 18. The van der Waals surface area contributed by atoms with Crippen LogP contribution in [0.1, 0.15) is 181 Å². The third kappa shape index (κ3) is 29.7. The van der Waals surface area contributed by atoms with Crippen molar-refractivity contribution in [3.8, 4) is 0 Å². The first-order chi connectivity index (χ1) is 29.4. The van der Waals surface area contributed by atoms with E-state index in [1.807, 2.05) is 0 Å². The molecule has 0 aromatic carbocycles. The van der Waals surface area contributed by atoms with E-state index < -0.39 is 75.7 Å². The Kier molecular flexibility index (Phi) is 34.7. The molecule has 61 heavy (non-hydrogen) atoms. The van der Waals surface area contributed by atoms with Gasteiger partial charge in [-0.2, -0.15) is 0 Å². The molecule has 6 unspecified atom stereocenters. The van der Waals surface area contributed by atoms with Crippen molar-refractivity contribution in [3.63, 3.8) is 0 Å². The predicted octanol–water partition coefficient (Wildman–Crippen LogP) is 9.17. The summed E-state index contributed by atoms with van der Waals surface area (Å²) in [6.07, 6.45) is 30.1. The number of carbonyl (C=O) groups excluding carboxylic acids is 2. The molecule has 1 saturated carbocycles. The van der Waals surface area contributed by atoms with Crippen molar-refractivity contribution < 1.29 is 63.1 Å². The predicted molar refractivity (Wildman–Crippen MR) is 239 cm³/mol. The molecule has 0 radical (unpaired) electrons. The first kappa shape index (κ1) is 56.8. The number of esters is 2. The summed E-state index contributed by atoms with van der Waals surface area (Å²) in [5, 5.41) is 50.1. The molecular formula is C47H83O13P. The fourth-order valence-corrected chi connectivity index (χ4v) is 7.79. The van der Waals surface area contributed by atoms with Crippen molar-refractivity contribution in [2.24, 2.45) is 0 Å². The van der Waals surface area contributed by atoms with Gasteiger partial charge in [0.15, 0.2) is 6.10 Å². The van der Waals surface area contributed by atoms with E-state index >= 15 is 0 Å². The number of aliphatic hydroxyl groups is 5. The summed E-state index contributed by atoms with van der Waals surface area (Å²) in [4.78, 5) is 35.7. The van der Waals surface area contributed by atoms with E-state index in [1.54, 1.807) is 0 Å². The molecule has 0 aliphatic heterocycles. The van der Waals surface area contributed by atoms with Gasteiger partial charge in [-0.25, -0.2) is 4.57 Å². The third-order valence-corrected chi connectivity index (χ3v) is 11.6. The summed E-state index contributed by atoms with van der Waals surface area (Å²) in [6, 6.07) is 0. The average Bonchev–Trinajstić information content (AvgIpc) is 3.24. The van der Waals surface area contributed by atoms with Crippen LogP contribution in [0.5, 0.6) is 0 Å². The minimum atomic E-state index is -5.13. The van der Waals surface area contributed by atoms with Gasteiger partial charge in [-0.05, 0) is 77.0 Å². The highest BCUT2D eigenvalue weighted by molar-refractivity contribution is 7.47. The highest BCUT2D eigenvalue weighted by atomic mass is 31.2. The molecule has 0 aromatic rings. The van der Waals surface area contributed by atoms with E-state index in [4.69, 9.17) is 18.5 Å². The van der Waals surface area contributed by atoms with Crippen LogP contribution in [0.3, 0.4) is 0 Å². The number of ether oxygens (including phenoxy) is 2. The Hall–Kier alpha value is -2.19. The maximum Gasteiger partial charge on any atom is 0.472 e. The number of phosphoric acid groups is 1. The topological polar surface area (TPSA) is 210 Å². The number of hydrogen-bond donors (Lipinski definition) is 6. The van der Waals surface area contributed by atoms with Crippen LogP contribution in [0.4, 0.5) is 0 Å². The molecule has 1 aliphatic carbocycles. The van der Waals surface area contributed by atoms with Crippen LogP contribution in [0.25, 0.3) is 0 Å². The second kappa shape index (κ2) is 37.2. The van der Waals surface area contributed by atoms with Gasteiger partial charge in [-0.15, -0.1) is 0 Å². The zero-order chi connectivity index (χ0) is 45.0. The highest BCUT2D eigenvalue weighted by Crippen LogP contribution is 2.47. The van der Waals surface area contributed by atoms with Crippen molar-refractivity contribution in [3.05, 3.63) is 48.6 Å². The molecule has 0 amide bonds. The number of hydrogen-bond acceptors (Lipinski definition) is 12. The summed E-state index contributed by atoms with van der Waals surface area (Å²) >= 11 is 0. The van der Waals surface area contributed by atoms with Gasteiger partial charge in [0.1, 0.15) is 43.2 Å². The quantitative estimate of drug-likeness (QED) is 0.0148. The molecule has 1 aliphatic rings. The number of phosphoric ester groups is 1. The maximum absolute atomic E-state index is 12.8. The minimum Gasteiger partial charge on any atom is -0.462 e. The molecule has 1 fully saturated rings. The van der Waals surface area contributed by atoms with Crippen molar-refractivity contribution in [1.82, 2.24) is 0 Å². The van der Waals surface area contributed by atoms with E-state index in [0.717, 1.165) is 77.0 Å². The zero-order valence-corrected chi connectivity index (χ0v) is 38.3. The standard InChI is InChI=1S/C47H83O13P/c1-3-5-7-9-11-13-15-17-19-20-22-24-26-28-30-32-34-36-41(49)59-39(38-58-61(55,56)60-47-45(53)43(51)42(50)44(52)46(47)54)37-57-40(48)35-33-31-29-27-25-23-21-18-16-14-12-10-8-6-4-2/h11,13-14,16-17,19,22,24,39,42-47,50-54H,3-10,12,15,18,20-21,23,25-38H2,1-2H3,(H,55,56)/b13-11+,16-14+,19-17+,24-22+/t39-,42?,43+,44?,45?,46?,47?/m1/s1. The summed E-state index contributed by atoms with van der Waals surface area (Å²) in [5.41, 5.74) is 0.